The predicted molar refractivity (Wildman–Crippen MR) is 95.4 cm³/mol. The third-order valence-corrected chi connectivity index (χ3v) is 3.54. The molecule has 1 aromatic heterocycles. The summed E-state index contributed by atoms with van der Waals surface area (Å²) < 4.78 is 1.70. The van der Waals surface area contributed by atoms with E-state index >= 15 is 0 Å². The van der Waals surface area contributed by atoms with Crippen LogP contribution in [0.5, 0.6) is 0 Å². The number of rotatable bonds is 5. The summed E-state index contributed by atoms with van der Waals surface area (Å²) >= 11 is 0. The summed E-state index contributed by atoms with van der Waals surface area (Å²) in [5, 5.41) is 7.28. The van der Waals surface area contributed by atoms with Crippen molar-refractivity contribution in [3.05, 3.63) is 72.3 Å². The lowest BCUT2D eigenvalue weighted by molar-refractivity contribution is -0.114. The number of anilines is 1. The first kappa shape index (κ1) is 15.7. The summed E-state index contributed by atoms with van der Waals surface area (Å²) in [5.74, 6) is 0.849. The molecule has 0 unspecified atom stereocenters. The average Bonchev–Trinajstić information content (AvgIpc) is 2.98. The molecular formula is C19H18N4O. The second-order valence-corrected chi connectivity index (χ2v) is 5.41. The number of amides is 1. The molecule has 1 heterocycles. The van der Waals surface area contributed by atoms with E-state index in [4.69, 9.17) is 0 Å². The van der Waals surface area contributed by atoms with Gasteiger partial charge in [0.05, 0.1) is 6.54 Å². The van der Waals surface area contributed by atoms with E-state index in [1.54, 1.807) is 10.8 Å². The average molecular weight is 318 g/mol. The molecule has 0 fully saturated rings. The van der Waals surface area contributed by atoms with Gasteiger partial charge in [-0.1, -0.05) is 67.3 Å². The number of nitrogens with one attached hydrogen (secondary N) is 1. The van der Waals surface area contributed by atoms with Crippen molar-refractivity contribution in [2.75, 3.05) is 5.32 Å². The highest BCUT2D eigenvalue weighted by atomic mass is 16.1. The van der Waals surface area contributed by atoms with Crippen LogP contribution in [0.15, 0.2) is 61.2 Å². The van der Waals surface area contributed by atoms with Crippen molar-refractivity contribution in [2.45, 2.75) is 13.5 Å². The van der Waals surface area contributed by atoms with Crippen LogP contribution in [0.1, 0.15) is 18.1 Å². The van der Waals surface area contributed by atoms with Gasteiger partial charge in [0, 0.05) is 12.5 Å². The normalized spacial score (nSPS) is 10.4. The Kier molecular flexibility index (Phi) is 4.52. The molecule has 0 aliphatic heterocycles. The predicted octanol–water partition coefficient (Wildman–Crippen LogP) is 3.59. The Morgan fingerprint density at radius 3 is 2.50 bits per heavy atom. The number of nitrogens with zero attached hydrogens (tertiary/aromatic N) is 3. The van der Waals surface area contributed by atoms with Crippen LogP contribution in [-0.4, -0.2) is 20.7 Å². The van der Waals surface area contributed by atoms with Crippen molar-refractivity contribution in [1.29, 1.82) is 0 Å². The first-order valence-electron chi connectivity index (χ1n) is 7.65. The Balaban J connectivity index is 1.93. The van der Waals surface area contributed by atoms with Gasteiger partial charge < -0.3 is 0 Å². The summed E-state index contributed by atoms with van der Waals surface area (Å²) in [4.78, 5) is 15.9. The Hall–Kier alpha value is -3.21. The zero-order valence-corrected chi connectivity index (χ0v) is 13.4. The zero-order valence-electron chi connectivity index (χ0n) is 13.4. The molecule has 3 aromatic rings. The summed E-state index contributed by atoms with van der Waals surface area (Å²) in [6.45, 7) is 5.73. The molecule has 1 N–H and O–H groups in total. The molecule has 5 heteroatoms. The molecule has 0 aliphatic carbocycles. The van der Waals surface area contributed by atoms with E-state index in [1.807, 2.05) is 54.6 Å². The maximum Gasteiger partial charge on any atom is 0.228 e. The maximum atomic E-state index is 11.4. The first-order valence-corrected chi connectivity index (χ1v) is 7.65. The van der Waals surface area contributed by atoms with Gasteiger partial charge >= 0.3 is 0 Å². The van der Waals surface area contributed by atoms with E-state index < -0.39 is 0 Å². The van der Waals surface area contributed by atoms with E-state index in [9.17, 15) is 4.79 Å². The molecule has 3 rings (SSSR count). The summed E-state index contributed by atoms with van der Waals surface area (Å²) in [6.07, 6.45) is 1.80. The van der Waals surface area contributed by atoms with Gasteiger partial charge in [0.1, 0.15) is 0 Å². The Bertz CT molecular complexity index is 851. The standard InChI is InChI=1S/C19H18N4O/c1-3-15-9-11-16(12-10-15)13-23-19(20-14(2)24)21-18(22-23)17-7-5-4-6-8-17/h3-12H,1,13H2,2H3,(H,20,21,22,24). The minimum atomic E-state index is -0.176. The van der Waals surface area contributed by atoms with Gasteiger partial charge in [0.25, 0.3) is 0 Å². The van der Waals surface area contributed by atoms with Crippen molar-refractivity contribution < 1.29 is 4.79 Å². The maximum absolute atomic E-state index is 11.4. The molecule has 0 radical (unpaired) electrons. The lowest BCUT2D eigenvalue weighted by atomic mass is 10.1. The summed E-state index contributed by atoms with van der Waals surface area (Å²) in [7, 11) is 0. The van der Waals surface area contributed by atoms with Crippen LogP contribution in [-0.2, 0) is 11.3 Å². The van der Waals surface area contributed by atoms with Crippen LogP contribution >= 0.6 is 0 Å². The third-order valence-electron chi connectivity index (χ3n) is 3.54. The SMILES string of the molecule is C=Cc1ccc(Cn2nc(-c3ccccc3)nc2NC(C)=O)cc1. The van der Waals surface area contributed by atoms with Crippen molar-refractivity contribution in [3.8, 4) is 11.4 Å². The lowest BCUT2D eigenvalue weighted by Gasteiger charge is -2.06. The number of aromatic nitrogens is 3. The van der Waals surface area contributed by atoms with Gasteiger partial charge in [0.2, 0.25) is 11.9 Å². The van der Waals surface area contributed by atoms with Crippen LogP contribution in [0.2, 0.25) is 0 Å². The lowest BCUT2D eigenvalue weighted by Crippen LogP contribution is -2.13. The molecule has 0 atom stereocenters. The number of carbonyl (C=O) groups is 1. The quantitative estimate of drug-likeness (QED) is 0.782. The fourth-order valence-corrected chi connectivity index (χ4v) is 2.34. The topological polar surface area (TPSA) is 59.8 Å². The Morgan fingerprint density at radius 1 is 1.17 bits per heavy atom. The van der Waals surface area contributed by atoms with Crippen LogP contribution in [0.25, 0.3) is 17.5 Å². The Morgan fingerprint density at radius 2 is 1.88 bits per heavy atom. The van der Waals surface area contributed by atoms with E-state index in [1.165, 1.54) is 6.92 Å². The van der Waals surface area contributed by atoms with Crippen molar-refractivity contribution >= 4 is 17.9 Å². The third kappa shape index (κ3) is 3.57. The van der Waals surface area contributed by atoms with Crippen LogP contribution < -0.4 is 5.32 Å². The first-order chi connectivity index (χ1) is 11.7. The van der Waals surface area contributed by atoms with Crippen LogP contribution in [0, 0.1) is 0 Å². The molecule has 24 heavy (non-hydrogen) atoms. The Labute approximate surface area is 140 Å². The van der Waals surface area contributed by atoms with Crippen LogP contribution in [0.3, 0.4) is 0 Å². The second kappa shape index (κ2) is 6.91. The molecule has 0 aliphatic rings. The summed E-state index contributed by atoms with van der Waals surface area (Å²) in [6, 6.07) is 17.7. The number of hydrogen-bond acceptors (Lipinski definition) is 3. The zero-order chi connectivity index (χ0) is 16.9. The van der Waals surface area contributed by atoms with E-state index in [0.717, 1.165) is 16.7 Å². The van der Waals surface area contributed by atoms with E-state index in [2.05, 4.69) is 22.0 Å². The number of hydrogen-bond donors (Lipinski definition) is 1. The van der Waals surface area contributed by atoms with Gasteiger partial charge in [-0.3, -0.25) is 10.1 Å². The smallest absolute Gasteiger partial charge is 0.228 e. The van der Waals surface area contributed by atoms with Gasteiger partial charge in [0.15, 0.2) is 5.82 Å². The molecule has 0 spiro atoms. The van der Waals surface area contributed by atoms with Gasteiger partial charge in [-0.05, 0) is 11.1 Å². The van der Waals surface area contributed by atoms with Crippen molar-refractivity contribution in [3.63, 3.8) is 0 Å². The largest absolute Gasteiger partial charge is 0.295 e. The second-order valence-electron chi connectivity index (χ2n) is 5.41. The fourth-order valence-electron chi connectivity index (χ4n) is 2.34. The van der Waals surface area contributed by atoms with Gasteiger partial charge in [-0.15, -0.1) is 5.10 Å². The molecule has 120 valence electrons. The van der Waals surface area contributed by atoms with Gasteiger partial charge in [-0.25, -0.2) is 4.68 Å². The highest BCUT2D eigenvalue weighted by Crippen LogP contribution is 2.19. The number of carbonyl (C=O) groups excluding carboxylic acids is 1. The molecule has 0 saturated carbocycles. The highest BCUT2D eigenvalue weighted by molar-refractivity contribution is 5.87. The minimum absolute atomic E-state index is 0.176. The van der Waals surface area contributed by atoms with E-state index in [0.29, 0.717) is 18.3 Å². The molecule has 5 nitrogen and oxygen atoms in total. The number of benzene rings is 2. The van der Waals surface area contributed by atoms with Crippen LogP contribution in [0.4, 0.5) is 5.95 Å². The molecular weight excluding hydrogens is 300 g/mol. The van der Waals surface area contributed by atoms with E-state index in [-0.39, 0.29) is 5.91 Å². The summed E-state index contributed by atoms with van der Waals surface area (Å²) in [5.41, 5.74) is 3.03. The minimum Gasteiger partial charge on any atom is -0.295 e. The monoisotopic (exact) mass is 318 g/mol. The molecule has 0 bridgehead atoms. The molecule has 0 saturated heterocycles. The molecule has 2 aromatic carbocycles. The highest BCUT2D eigenvalue weighted by Gasteiger charge is 2.13. The van der Waals surface area contributed by atoms with Crippen molar-refractivity contribution in [1.82, 2.24) is 14.8 Å². The molecule has 1 amide bonds. The van der Waals surface area contributed by atoms with Gasteiger partial charge in [-0.2, -0.15) is 4.98 Å². The van der Waals surface area contributed by atoms with Crippen molar-refractivity contribution in [2.24, 2.45) is 0 Å². The fraction of sp³-hybridized carbons (Fsp3) is 0.105.